The molecule has 1 aromatic rings. The molecule has 1 aromatic heterocycles. The summed E-state index contributed by atoms with van der Waals surface area (Å²) in [6, 6.07) is 2.75. The van der Waals surface area contributed by atoms with Gasteiger partial charge >= 0.3 is 0 Å². The van der Waals surface area contributed by atoms with Gasteiger partial charge in [0.2, 0.25) is 0 Å². The molecule has 6 heteroatoms. The Bertz CT molecular complexity index is 342. The molecule has 0 aliphatic carbocycles. The van der Waals surface area contributed by atoms with Crippen molar-refractivity contribution in [3.05, 3.63) is 29.6 Å². The maximum Gasteiger partial charge on any atom is 0.0704 e. The third-order valence-corrected chi connectivity index (χ3v) is 2.99. The minimum atomic E-state index is -2.15. The van der Waals surface area contributed by atoms with Crippen LogP contribution < -0.4 is 5.73 Å². The second-order valence-corrected chi connectivity index (χ2v) is 4.44. The highest BCUT2D eigenvalue weighted by Gasteiger charge is 2.09. The van der Waals surface area contributed by atoms with E-state index < -0.39 is 22.4 Å². The van der Waals surface area contributed by atoms with Crippen LogP contribution in [0.2, 0.25) is 0 Å². The molecule has 0 aliphatic heterocycles. The van der Waals surface area contributed by atoms with Crippen LogP contribution in [0.1, 0.15) is 29.5 Å². The molecule has 0 amide bonds. The highest BCUT2D eigenvalue weighted by Crippen LogP contribution is 2.18. The van der Waals surface area contributed by atoms with E-state index in [0.29, 0.717) is 11.3 Å². The van der Waals surface area contributed by atoms with Crippen LogP contribution in [0.15, 0.2) is 18.3 Å². The van der Waals surface area contributed by atoms with Crippen molar-refractivity contribution in [1.82, 2.24) is 4.98 Å². The lowest BCUT2D eigenvalue weighted by molar-refractivity contribution is 0.266. The third kappa shape index (κ3) is 3.07. The van der Waals surface area contributed by atoms with Gasteiger partial charge < -0.3 is 15.4 Å². The summed E-state index contributed by atoms with van der Waals surface area (Å²) in [6.45, 7) is 1.39. The highest BCUT2D eigenvalue weighted by atomic mass is 32.2. The molecule has 1 heterocycles. The zero-order valence-electron chi connectivity index (χ0n) is 8.29. The number of rotatable bonds is 4. The monoisotopic (exact) mass is 229 g/mol. The van der Waals surface area contributed by atoms with Gasteiger partial charge in [0.1, 0.15) is 0 Å². The summed E-state index contributed by atoms with van der Waals surface area (Å²) in [5, 5.41) is 8.21. The Morgan fingerprint density at radius 1 is 1.67 bits per heavy atom. The molecule has 5 nitrogen and oxygen atoms in total. The Hall–Kier alpha value is -0.820. The average molecular weight is 229 g/mol. The first-order valence-electron chi connectivity index (χ1n) is 4.46. The van der Waals surface area contributed by atoms with Crippen LogP contribution in [0.25, 0.3) is 0 Å². The van der Waals surface area contributed by atoms with Gasteiger partial charge in [-0.3, -0.25) is 9.19 Å². The molecule has 0 radical (unpaired) electrons. The Balaban J connectivity index is 2.85. The van der Waals surface area contributed by atoms with E-state index in [1.54, 1.807) is 19.1 Å². The lowest BCUT2D eigenvalue weighted by Crippen LogP contribution is -2.16. The fourth-order valence-electron chi connectivity index (χ4n) is 1.08. The molecule has 0 spiro atoms. The standard InChI is InChI=1S/C9H14N2O3S/c1-6(15(13)14)7-2-3-9(11-4-7)8(10)5-12/h2-4,6,8,12H,5,10H2,1H3,(H,13,14)/p-1. The number of aliphatic hydroxyl groups excluding tert-OH is 1. The van der Waals surface area contributed by atoms with Crippen molar-refractivity contribution >= 4 is 11.1 Å². The number of aromatic nitrogens is 1. The zero-order valence-corrected chi connectivity index (χ0v) is 9.11. The fraction of sp³-hybridized carbons (Fsp3) is 0.444. The van der Waals surface area contributed by atoms with Gasteiger partial charge in [0, 0.05) is 11.4 Å². The van der Waals surface area contributed by atoms with E-state index in [-0.39, 0.29) is 6.61 Å². The Morgan fingerprint density at radius 2 is 2.33 bits per heavy atom. The SMILES string of the molecule is CC(c1ccc(C(N)CO)nc1)S(=O)[O-]. The number of nitrogens with zero attached hydrogens (tertiary/aromatic N) is 1. The van der Waals surface area contributed by atoms with Gasteiger partial charge in [-0.25, -0.2) is 0 Å². The maximum atomic E-state index is 10.7. The molecule has 3 N–H and O–H groups in total. The van der Waals surface area contributed by atoms with Crippen LogP contribution in [0.5, 0.6) is 0 Å². The van der Waals surface area contributed by atoms with Gasteiger partial charge in [0.25, 0.3) is 0 Å². The highest BCUT2D eigenvalue weighted by molar-refractivity contribution is 7.79. The largest absolute Gasteiger partial charge is 0.772 e. The van der Waals surface area contributed by atoms with E-state index in [4.69, 9.17) is 10.8 Å². The van der Waals surface area contributed by atoms with Gasteiger partial charge in [-0.15, -0.1) is 0 Å². The van der Waals surface area contributed by atoms with E-state index in [1.807, 2.05) is 0 Å². The lowest BCUT2D eigenvalue weighted by Gasteiger charge is -2.15. The van der Waals surface area contributed by atoms with Crippen molar-refractivity contribution in [1.29, 1.82) is 0 Å². The quantitative estimate of drug-likeness (QED) is 0.709. The first-order valence-corrected chi connectivity index (χ1v) is 5.60. The molecule has 0 saturated heterocycles. The molecule has 1 rings (SSSR count). The van der Waals surface area contributed by atoms with E-state index in [0.717, 1.165) is 0 Å². The van der Waals surface area contributed by atoms with E-state index in [9.17, 15) is 8.76 Å². The Morgan fingerprint density at radius 3 is 2.73 bits per heavy atom. The average Bonchev–Trinajstić information content (AvgIpc) is 2.27. The molecule has 15 heavy (non-hydrogen) atoms. The zero-order chi connectivity index (χ0) is 11.4. The minimum Gasteiger partial charge on any atom is -0.772 e. The van der Waals surface area contributed by atoms with Crippen molar-refractivity contribution in [3.63, 3.8) is 0 Å². The summed E-state index contributed by atoms with van der Waals surface area (Å²) >= 11 is -2.15. The summed E-state index contributed by atoms with van der Waals surface area (Å²) in [5.41, 5.74) is 6.70. The molecular formula is C9H13N2O3S-. The van der Waals surface area contributed by atoms with Gasteiger partial charge in [-0.05, 0) is 29.6 Å². The predicted octanol–water partition coefficient (Wildman–Crippen LogP) is 0.0138. The van der Waals surface area contributed by atoms with Crippen molar-refractivity contribution in [2.24, 2.45) is 5.73 Å². The summed E-state index contributed by atoms with van der Waals surface area (Å²) in [5.74, 6) is 0. The van der Waals surface area contributed by atoms with Crippen molar-refractivity contribution in [2.75, 3.05) is 6.61 Å². The second kappa shape index (κ2) is 5.32. The molecular weight excluding hydrogens is 216 g/mol. The van der Waals surface area contributed by atoms with Gasteiger partial charge in [0.05, 0.1) is 18.3 Å². The molecule has 0 fully saturated rings. The molecule has 0 aliphatic rings. The van der Waals surface area contributed by atoms with Crippen LogP contribution >= 0.6 is 0 Å². The third-order valence-electron chi connectivity index (χ3n) is 2.14. The van der Waals surface area contributed by atoms with Crippen molar-refractivity contribution in [3.8, 4) is 0 Å². The topological polar surface area (TPSA) is 99.3 Å². The smallest absolute Gasteiger partial charge is 0.0704 e. The first-order chi connectivity index (χ1) is 7.06. The number of pyridine rings is 1. The molecule has 3 atom stereocenters. The Kier molecular flexibility index (Phi) is 4.34. The normalized spacial score (nSPS) is 17.1. The molecule has 0 saturated carbocycles. The molecule has 84 valence electrons. The summed E-state index contributed by atoms with van der Waals surface area (Å²) in [7, 11) is 0. The van der Waals surface area contributed by atoms with Crippen molar-refractivity contribution in [2.45, 2.75) is 18.2 Å². The van der Waals surface area contributed by atoms with E-state index in [1.165, 1.54) is 6.20 Å². The molecule has 0 bridgehead atoms. The van der Waals surface area contributed by atoms with E-state index in [2.05, 4.69) is 4.98 Å². The van der Waals surface area contributed by atoms with Gasteiger partial charge in [0.15, 0.2) is 0 Å². The van der Waals surface area contributed by atoms with Crippen molar-refractivity contribution < 1.29 is 13.9 Å². The van der Waals surface area contributed by atoms with Crippen LogP contribution in [-0.2, 0) is 11.1 Å². The maximum absolute atomic E-state index is 10.7. The number of nitrogens with two attached hydrogens (primary N) is 1. The summed E-state index contributed by atoms with van der Waals surface area (Å²) in [6.07, 6.45) is 1.46. The van der Waals surface area contributed by atoms with Crippen LogP contribution in [0.3, 0.4) is 0 Å². The number of hydrogen-bond acceptors (Lipinski definition) is 5. The molecule has 0 aromatic carbocycles. The fourth-order valence-corrected chi connectivity index (χ4v) is 1.44. The first kappa shape index (κ1) is 12.3. The lowest BCUT2D eigenvalue weighted by atomic mass is 10.1. The van der Waals surface area contributed by atoms with Crippen LogP contribution in [0, 0.1) is 0 Å². The second-order valence-electron chi connectivity index (χ2n) is 3.21. The minimum absolute atomic E-state index is 0.185. The number of aliphatic hydroxyl groups is 1. The predicted molar refractivity (Wildman–Crippen MR) is 55.6 cm³/mol. The van der Waals surface area contributed by atoms with Crippen LogP contribution in [-0.4, -0.2) is 25.5 Å². The number of hydrogen-bond donors (Lipinski definition) is 2. The Labute approximate surface area is 90.6 Å². The summed E-state index contributed by atoms with van der Waals surface area (Å²) in [4.78, 5) is 3.99. The van der Waals surface area contributed by atoms with Crippen LogP contribution in [0.4, 0.5) is 0 Å². The summed E-state index contributed by atoms with van der Waals surface area (Å²) < 4.78 is 21.4. The van der Waals surface area contributed by atoms with Gasteiger partial charge in [-0.2, -0.15) is 0 Å². The molecule has 3 unspecified atom stereocenters. The van der Waals surface area contributed by atoms with E-state index >= 15 is 0 Å². The van der Waals surface area contributed by atoms with Gasteiger partial charge in [-0.1, -0.05) is 6.07 Å².